The van der Waals surface area contributed by atoms with Gasteiger partial charge in [0.05, 0.1) is 0 Å². The van der Waals surface area contributed by atoms with Crippen LogP contribution < -0.4 is 0 Å². The lowest BCUT2D eigenvalue weighted by Crippen LogP contribution is -2.49. The quantitative estimate of drug-likeness (QED) is 0.895. The summed E-state index contributed by atoms with van der Waals surface area (Å²) in [6.45, 7) is 8.33. The van der Waals surface area contributed by atoms with E-state index in [4.69, 9.17) is 0 Å². The number of hydrogen-bond donors (Lipinski definition) is 1. The molecule has 0 radical (unpaired) electrons. The summed E-state index contributed by atoms with van der Waals surface area (Å²) in [5.74, 6) is 2.68. The molecule has 2 fully saturated rings. The number of aromatic amines is 1. The van der Waals surface area contributed by atoms with Crippen LogP contribution in [0.15, 0.2) is 18.2 Å². The summed E-state index contributed by atoms with van der Waals surface area (Å²) in [4.78, 5) is 21.1. The van der Waals surface area contributed by atoms with Crippen molar-refractivity contribution in [3.63, 3.8) is 0 Å². The van der Waals surface area contributed by atoms with Crippen LogP contribution in [-0.4, -0.2) is 64.4 Å². The van der Waals surface area contributed by atoms with Crippen molar-refractivity contribution in [2.45, 2.75) is 32.7 Å². The number of carbonyl (C=O) groups is 1. The molecule has 4 nitrogen and oxygen atoms in total. The lowest BCUT2D eigenvalue weighted by atomic mass is 10.0. The van der Waals surface area contributed by atoms with Crippen molar-refractivity contribution in [3.05, 3.63) is 35.0 Å². The van der Waals surface area contributed by atoms with Crippen LogP contribution in [0.2, 0.25) is 0 Å². The Morgan fingerprint density at radius 3 is 2.56 bits per heavy atom. The zero-order valence-corrected chi connectivity index (χ0v) is 16.0. The number of H-pyrrole nitrogens is 1. The average molecular weight is 358 g/mol. The molecule has 5 heteroatoms. The standard InChI is InChI=1S/C20H27N3OS/c1-14-3-4-18-17(13-14)15(2)19(21-18)20(24)23-7-5-16(6-8-23)22-9-11-25-12-10-22/h3-4,13,16,21H,5-12H2,1-2H3. The highest BCUT2D eigenvalue weighted by atomic mass is 32.2. The van der Waals surface area contributed by atoms with Gasteiger partial charge in [0.2, 0.25) is 0 Å². The second kappa shape index (κ2) is 7.04. The molecule has 25 heavy (non-hydrogen) atoms. The van der Waals surface area contributed by atoms with Crippen LogP contribution in [0.3, 0.4) is 0 Å². The van der Waals surface area contributed by atoms with Crippen molar-refractivity contribution < 1.29 is 4.79 Å². The summed E-state index contributed by atoms with van der Waals surface area (Å²) in [5.41, 5.74) is 4.15. The number of benzene rings is 1. The molecule has 0 bridgehead atoms. The van der Waals surface area contributed by atoms with Gasteiger partial charge in [-0.3, -0.25) is 9.69 Å². The van der Waals surface area contributed by atoms with Gasteiger partial charge < -0.3 is 9.88 Å². The van der Waals surface area contributed by atoms with Gasteiger partial charge >= 0.3 is 0 Å². The Balaban J connectivity index is 1.46. The van der Waals surface area contributed by atoms with E-state index >= 15 is 0 Å². The Labute approximate surface area is 153 Å². The van der Waals surface area contributed by atoms with Gasteiger partial charge in [-0.25, -0.2) is 0 Å². The Kier molecular flexibility index (Phi) is 4.78. The molecular formula is C20H27N3OS. The maximum atomic E-state index is 13.0. The molecule has 0 saturated carbocycles. The van der Waals surface area contributed by atoms with Gasteiger partial charge in [-0.15, -0.1) is 0 Å². The molecule has 0 unspecified atom stereocenters. The Hall–Kier alpha value is -1.46. The topological polar surface area (TPSA) is 39.3 Å². The third-order valence-electron chi connectivity index (χ3n) is 5.74. The largest absolute Gasteiger partial charge is 0.350 e. The highest BCUT2D eigenvalue weighted by Crippen LogP contribution is 2.26. The zero-order valence-electron chi connectivity index (χ0n) is 15.2. The van der Waals surface area contributed by atoms with E-state index in [1.165, 1.54) is 35.5 Å². The Morgan fingerprint density at radius 2 is 1.84 bits per heavy atom. The van der Waals surface area contributed by atoms with Crippen molar-refractivity contribution in [2.75, 3.05) is 37.7 Å². The number of nitrogens with zero attached hydrogens (tertiary/aromatic N) is 2. The molecule has 0 aliphatic carbocycles. The minimum absolute atomic E-state index is 0.166. The highest BCUT2D eigenvalue weighted by molar-refractivity contribution is 7.99. The van der Waals surface area contributed by atoms with Gasteiger partial charge in [0, 0.05) is 54.6 Å². The summed E-state index contributed by atoms with van der Waals surface area (Å²) in [6, 6.07) is 7.00. The number of piperidine rings is 1. The third-order valence-corrected chi connectivity index (χ3v) is 6.68. The van der Waals surface area contributed by atoms with Crippen LogP contribution >= 0.6 is 11.8 Å². The SMILES string of the molecule is Cc1ccc2[nH]c(C(=O)N3CCC(N4CCSCC4)CC3)c(C)c2c1. The molecule has 2 saturated heterocycles. The zero-order chi connectivity index (χ0) is 17.4. The molecule has 2 aliphatic heterocycles. The fourth-order valence-electron chi connectivity index (χ4n) is 4.19. The number of hydrogen-bond acceptors (Lipinski definition) is 3. The van der Waals surface area contributed by atoms with Crippen molar-refractivity contribution >= 4 is 28.6 Å². The first-order valence-corrected chi connectivity index (χ1v) is 10.5. The maximum Gasteiger partial charge on any atom is 0.270 e. The number of amides is 1. The number of thioether (sulfide) groups is 1. The molecule has 2 aliphatic rings. The number of carbonyl (C=O) groups excluding carboxylic acids is 1. The van der Waals surface area contributed by atoms with Crippen LogP contribution in [0.25, 0.3) is 10.9 Å². The fourth-order valence-corrected chi connectivity index (χ4v) is 5.12. The van der Waals surface area contributed by atoms with Gasteiger partial charge in [0.1, 0.15) is 5.69 Å². The second-order valence-electron chi connectivity index (χ2n) is 7.35. The molecule has 0 spiro atoms. The van der Waals surface area contributed by atoms with Crippen LogP contribution in [0.5, 0.6) is 0 Å². The Bertz CT molecular complexity index is 771. The molecule has 1 aromatic carbocycles. The van der Waals surface area contributed by atoms with E-state index in [-0.39, 0.29) is 5.91 Å². The van der Waals surface area contributed by atoms with E-state index in [9.17, 15) is 4.79 Å². The monoisotopic (exact) mass is 357 g/mol. The molecule has 2 aromatic rings. The first kappa shape index (κ1) is 17.0. The molecule has 3 heterocycles. The van der Waals surface area contributed by atoms with Crippen LogP contribution in [0.4, 0.5) is 0 Å². The maximum absolute atomic E-state index is 13.0. The predicted molar refractivity (Wildman–Crippen MR) is 106 cm³/mol. The summed E-state index contributed by atoms with van der Waals surface area (Å²) in [6.07, 6.45) is 2.21. The minimum atomic E-state index is 0.166. The van der Waals surface area contributed by atoms with Crippen molar-refractivity contribution in [1.82, 2.24) is 14.8 Å². The lowest BCUT2D eigenvalue weighted by Gasteiger charge is -2.40. The van der Waals surface area contributed by atoms with E-state index in [1.54, 1.807) is 0 Å². The number of likely N-dealkylation sites (tertiary alicyclic amines) is 1. The number of aromatic nitrogens is 1. The lowest BCUT2D eigenvalue weighted by molar-refractivity contribution is 0.0625. The number of fused-ring (bicyclic) bond motifs is 1. The first-order valence-electron chi connectivity index (χ1n) is 9.33. The molecular weight excluding hydrogens is 330 g/mol. The minimum Gasteiger partial charge on any atom is -0.350 e. The summed E-state index contributed by atoms with van der Waals surface area (Å²) < 4.78 is 0. The van der Waals surface area contributed by atoms with E-state index in [1.807, 2.05) is 4.90 Å². The van der Waals surface area contributed by atoms with Crippen molar-refractivity contribution in [3.8, 4) is 0 Å². The van der Waals surface area contributed by atoms with Gasteiger partial charge in [-0.2, -0.15) is 11.8 Å². The Morgan fingerprint density at radius 1 is 1.12 bits per heavy atom. The fraction of sp³-hybridized carbons (Fsp3) is 0.550. The molecule has 1 amide bonds. The average Bonchev–Trinajstić information content (AvgIpc) is 2.98. The molecule has 1 N–H and O–H groups in total. The highest BCUT2D eigenvalue weighted by Gasteiger charge is 2.29. The molecule has 0 atom stereocenters. The smallest absolute Gasteiger partial charge is 0.270 e. The van der Waals surface area contributed by atoms with Crippen molar-refractivity contribution in [1.29, 1.82) is 0 Å². The molecule has 134 valence electrons. The normalized spacial score (nSPS) is 20.3. The van der Waals surface area contributed by atoms with Crippen LogP contribution in [0, 0.1) is 13.8 Å². The summed E-state index contributed by atoms with van der Waals surface area (Å²) in [5, 5.41) is 1.17. The van der Waals surface area contributed by atoms with Gasteiger partial charge in [-0.1, -0.05) is 11.6 Å². The van der Waals surface area contributed by atoms with E-state index < -0.39 is 0 Å². The third kappa shape index (κ3) is 3.32. The summed E-state index contributed by atoms with van der Waals surface area (Å²) >= 11 is 2.06. The number of nitrogens with one attached hydrogen (secondary N) is 1. The van der Waals surface area contributed by atoms with E-state index in [0.717, 1.165) is 42.7 Å². The van der Waals surface area contributed by atoms with E-state index in [2.05, 4.69) is 53.7 Å². The first-order chi connectivity index (χ1) is 12.1. The van der Waals surface area contributed by atoms with Crippen molar-refractivity contribution in [2.24, 2.45) is 0 Å². The van der Waals surface area contributed by atoms with Gasteiger partial charge in [0.25, 0.3) is 5.91 Å². The van der Waals surface area contributed by atoms with Crippen LogP contribution in [0.1, 0.15) is 34.5 Å². The van der Waals surface area contributed by atoms with E-state index in [0.29, 0.717) is 6.04 Å². The summed E-state index contributed by atoms with van der Waals surface area (Å²) in [7, 11) is 0. The van der Waals surface area contributed by atoms with Gasteiger partial charge in [-0.05, 0) is 44.4 Å². The second-order valence-corrected chi connectivity index (χ2v) is 8.57. The number of rotatable bonds is 2. The van der Waals surface area contributed by atoms with Crippen LogP contribution in [-0.2, 0) is 0 Å². The predicted octanol–water partition coefficient (Wildman–Crippen LogP) is 3.44. The molecule has 4 rings (SSSR count). The number of aryl methyl sites for hydroxylation is 2. The molecule has 1 aromatic heterocycles. The van der Waals surface area contributed by atoms with Gasteiger partial charge in [0.15, 0.2) is 0 Å².